The van der Waals surface area contributed by atoms with Crippen molar-refractivity contribution in [2.45, 2.75) is 17.4 Å². The van der Waals surface area contributed by atoms with Crippen molar-refractivity contribution >= 4 is 31.6 Å². The van der Waals surface area contributed by atoms with E-state index in [4.69, 9.17) is 4.42 Å². The molecule has 2 saturated heterocycles. The van der Waals surface area contributed by atoms with Crippen LogP contribution in [0.1, 0.15) is 18.2 Å². The number of benzene rings is 1. The Bertz CT molecular complexity index is 1160. The largest absolute Gasteiger partial charge is 0.468 e. The third-order valence-corrected chi connectivity index (χ3v) is 8.91. The minimum absolute atomic E-state index is 0.0122. The molecule has 0 saturated carbocycles. The van der Waals surface area contributed by atoms with E-state index in [-0.39, 0.29) is 35.3 Å². The average Bonchev–Trinajstić information content (AvgIpc) is 3.37. The van der Waals surface area contributed by atoms with Gasteiger partial charge in [-0.3, -0.25) is 9.69 Å². The van der Waals surface area contributed by atoms with Crippen LogP contribution in [0.5, 0.6) is 0 Å². The Morgan fingerprint density at radius 3 is 2.34 bits per heavy atom. The number of hydrogen-bond donors (Lipinski definition) is 1. The number of sulfonamides is 2. The van der Waals surface area contributed by atoms with Gasteiger partial charge in [-0.1, -0.05) is 0 Å². The van der Waals surface area contributed by atoms with Crippen LogP contribution in [0.4, 0.5) is 5.69 Å². The second kappa shape index (κ2) is 8.94. The molecule has 0 spiro atoms. The lowest BCUT2D eigenvalue weighted by Crippen LogP contribution is -2.48. The van der Waals surface area contributed by atoms with Crippen LogP contribution in [-0.4, -0.2) is 78.1 Å². The molecule has 0 bridgehead atoms. The number of piperazine rings is 1. The maximum atomic E-state index is 12.9. The van der Waals surface area contributed by atoms with Gasteiger partial charge < -0.3 is 9.32 Å². The summed E-state index contributed by atoms with van der Waals surface area (Å²) >= 11 is 0. The summed E-state index contributed by atoms with van der Waals surface area (Å²) in [6.45, 7) is 3.46. The van der Waals surface area contributed by atoms with Gasteiger partial charge in [0.05, 0.1) is 28.6 Å². The third kappa shape index (κ3) is 4.74. The van der Waals surface area contributed by atoms with Crippen LogP contribution in [0.2, 0.25) is 0 Å². The number of hydrogen-bond acceptors (Lipinski definition) is 8. The molecule has 0 unspecified atom stereocenters. The van der Waals surface area contributed by atoms with E-state index in [1.807, 2.05) is 13.1 Å². The molecule has 174 valence electrons. The number of nitrogens with one attached hydrogen (secondary N) is 1. The number of furan rings is 1. The zero-order valence-corrected chi connectivity index (χ0v) is 19.3. The molecule has 1 aromatic heterocycles. The molecule has 4 rings (SSSR count). The van der Waals surface area contributed by atoms with Gasteiger partial charge in [-0.2, -0.15) is 0 Å². The maximum Gasteiger partial charge on any atom is 0.242 e. The van der Waals surface area contributed by atoms with Gasteiger partial charge in [0.25, 0.3) is 0 Å². The second-order valence-electron chi connectivity index (χ2n) is 7.94. The molecule has 1 atom stereocenters. The summed E-state index contributed by atoms with van der Waals surface area (Å²) < 4.78 is 58.9. The highest BCUT2D eigenvalue weighted by atomic mass is 32.2. The number of carbonyl (C=O) groups is 1. The van der Waals surface area contributed by atoms with E-state index in [0.717, 1.165) is 30.5 Å². The Balaban J connectivity index is 1.49. The van der Waals surface area contributed by atoms with Crippen LogP contribution in [0.3, 0.4) is 0 Å². The zero-order chi connectivity index (χ0) is 22.9. The molecule has 2 aliphatic rings. The van der Waals surface area contributed by atoms with Crippen molar-refractivity contribution in [2.75, 3.05) is 49.8 Å². The van der Waals surface area contributed by atoms with Crippen LogP contribution < -0.4 is 9.03 Å². The molecule has 1 aromatic carbocycles. The zero-order valence-electron chi connectivity index (χ0n) is 17.7. The Morgan fingerprint density at radius 1 is 1.09 bits per heavy atom. The lowest BCUT2D eigenvalue weighted by atomic mass is 10.1. The van der Waals surface area contributed by atoms with Crippen molar-refractivity contribution in [2.24, 2.45) is 0 Å². The summed E-state index contributed by atoms with van der Waals surface area (Å²) in [6, 6.07) is 8.63. The van der Waals surface area contributed by atoms with Crippen molar-refractivity contribution in [1.29, 1.82) is 0 Å². The van der Waals surface area contributed by atoms with Crippen molar-refractivity contribution in [1.82, 2.24) is 14.5 Å². The Kier molecular flexibility index (Phi) is 6.41. The highest BCUT2D eigenvalue weighted by Crippen LogP contribution is 2.27. The highest BCUT2D eigenvalue weighted by Gasteiger charge is 2.36. The van der Waals surface area contributed by atoms with Gasteiger partial charge in [0, 0.05) is 39.1 Å². The molecule has 32 heavy (non-hydrogen) atoms. The smallest absolute Gasteiger partial charge is 0.242 e. The first kappa shape index (κ1) is 22.9. The molecule has 2 aliphatic heterocycles. The van der Waals surface area contributed by atoms with Crippen molar-refractivity contribution < 1.29 is 26.0 Å². The molecule has 1 amide bonds. The number of likely N-dealkylation sites (N-methyl/N-ethyl adjacent to an activating group) is 1. The van der Waals surface area contributed by atoms with Crippen LogP contribution in [0.15, 0.2) is 52.0 Å². The van der Waals surface area contributed by atoms with E-state index < -0.39 is 26.0 Å². The number of rotatable bonds is 7. The molecule has 1 N–H and O–H groups in total. The van der Waals surface area contributed by atoms with Gasteiger partial charge in [0.15, 0.2) is 0 Å². The third-order valence-electron chi connectivity index (χ3n) is 5.78. The van der Waals surface area contributed by atoms with E-state index in [1.165, 1.54) is 24.3 Å². The van der Waals surface area contributed by atoms with E-state index in [0.29, 0.717) is 5.76 Å². The van der Waals surface area contributed by atoms with Crippen LogP contribution in [0, 0.1) is 0 Å². The molecular weight excluding hydrogens is 456 g/mol. The van der Waals surface area contributed by atoms with Crippen LogP contribution in [0.25, 0.3) is 0 Å². The SMILES string of the molecule is CN1CCN([C@H](CNS(=O)(=O)c2ccc(N3C(=O)CCS3(=O)=O)cc2)c2ccco2)CC1. The van der Waals surface area contributed by atoms with Gasteiger partial charge in [-0.25, -0.2) is 25.9 Å². The predicted molar refractivity (Wildman–Crippen MR) is 118 cm³/mol. The summed E-state index contributed by atoms with van der Waals surface area (Å²) in [5.41, 5.74) is 0.136. The minimum Gasteiger partial charge on any atom is -0.468 e. The molecule has 3 heterocycles. The normalized spacial score (nSPS) is 21.2. The first-order chi connectivity index (χ1) is 15.2. The molecule has 0 radical (unpaired) electrons. The summed E-state index contributed by atoms with van der Waals surface area (Å²) in [5, 5.41) is 0. The van der Waals surface area contributed by atoms with Crippen LogP contribution >= 0.6 is 0 Å². The summed E-state index contributed by atoms with van der Waals surface area (Å²) in [5.74, 6) is -0.0778. The number of nitrogens with zero attached hydrogens (tertiary/aromatic N) is 3. The number of carbonyl (C=O) groups excluding carboxylic acids is 1. The van der Waals surface area contributed by atoms with Crippen molar-refractivity contribution in [3.05, 3.63) is 48.4 Å². The lowest BCUT2D eigenvalue weighted by molar-refractivity contribution is -0.116. The second-order valence-corrected chi connectivity index (χ2v) is 11.6. The summed E-state index contributed by atoms with van der Waals surface area (Å²) in [7, 11) is -5.51. The first-order valence-electron chi connectivity index (χ1n) is 10.3. The van der Waals surface area contributed by atoms with Gasteiger partial charge in [0.1, 0.15) is 5.76 Å². The molecule has 10 nitrogen and oxygen atoms in total. The number of amides is 1. The molecule has 2 aromatic rings. The first-order valence-corrected chi connectivity index (χ1v) is 13.4. The minimum atomic E-state index is -3.86. The molecular formula is C20H26N4O6S2. The quantitative estimate of drug-likeness (QED) is 0.610. The topological polar surface area (TPSA) is 120 Å². The van der Waals surface area contributed by atoms with Gasteiger partial charge in [-0.15, -0.1) is 0 Å². The van der Waals surface area contributed by atoms with Crippen molar-refractivity contribution in [3.8, 4) is 0 Å². The molecule has 0 aliphatic carbocycles. The Hall–Kier alpha value is -2.25. The lowest BCUT2D eigenvalue weighted by Gasteiger charge is -2.37. The van der Waals surface area contributed by atoms with Crippen LogP contribution in [-0.2, 0) is 24.8 Å². The average molecular weight is 483 g/mol. The van der Waals surface area contributed by atoms with E-state index in [1.54, 1.807) is 12.3 Å². The Labute approximate surface area is 187 Å². The van der Waals surface area contributed by atoms with Gasteiger partial charge in [0.2, 0.25) is 26.0 Å². The molecule has 12 heteroatoms. The fourth-order valence-electron chi connectivity index (χ4n) is 3.93. The number of anilines is 1. The Morgan fingerprint density at radius 2 is 1.78 bits per heavy atom. The highest BCUT2D eigenvalue weighted by molar-refractivity contribution is 7.94. The van der Waals surface area contributed by atoms with Gasteiger partial charge in [-0.05, 0) is 43.4 Å². The fourth-order valence-corrected chi connectivity index (χ4v) is 6.42. The maximum absolute atomic E-state index is 12.9. The van der Waals surface area contributed by atoms with E-state index in [2.05, 4.69) is 14.5 Å². The fraction of sp³-hybridized carbons (Fsp3) is 0.450. The summed E-state index contributed by atoms with van der Waals surface area (Å²) in [4.78, 5) is 16.3. The van der Waals surface area contributed by atoms with E-state index >= 15 is 0 Å². The van der Waals surface area contributed by atoms with E-state index in [9.17, 15) is 21.6 Å². The monoisotopic (exact) mass is 482 g/mol. The molecule has 2 fully saturated rings. The van der Waals surface area contributed by atoms with Crippen molar-refractivity contribution in [3.63, 3.8) is 0 Å². The standard InChI is InChI=1S/C20H26N4O6S2/c1-22-9-11-23(12-10-22)18(19-3-2-13-30-19)15-21-32(28,29)17-6-4-16(5-7-17)24-20(25)8-14-31(24,26)27/h2-7,13,18,21H,8-12,14-15H2,1H3/t18-/m1/s1. The predicted octanol–water partition coefficient (Wildman–Crippen LogP) is 0.613. The summed E-state index contributed by atoms with van der Waals surface area (Å²) in [6.07, 6.45) is 1.49. The van der Waals surface area contributed by atoms with Gasteiger partial charge >= 0.3 is 0 Å².